The lowest BCUT2D eigenvalue weighted by molar-refractivity contribution is -0.159. The van der Waals surface area contributed by atoms with Crippen molar-refractivity contribution in [1.82, 2.24) is 14.8 Å². The summed E-state index contributed by atoms with van der Waals surface area (Å²) in [7, 11) is 0. The summed E-state index contributed by atoms with van der Waals surface area (Å²) in [4.78, 5) is 33.2. The number of aromatic amines is 1. The van der Waals surface area contributed by atoms with Crippen molar-refractivity contribution in [3.63, 3.8) is 0 Å². The zero-order valence-electron chi connectivity index (χ0n) is 16.7. The van der Waals surface area contributed by atoms with Crippen LogP contribution in [0.2, 0.25) is 0 Å². The zero-order chi connectivity index (χ0) is 21.1. The van der Waals surface area contributed by atoms with Gasteiger partial charge in [0.15, 0.2) is 11.5 Å². The Labute approximate surface area is 178 Å². The average Bonchev–Trinajstić information content (AvgIpc) is 3.40. The minimum absolute atomic E-state index is 0.0352. The number of β-amino-alcohol motifs (C(OH)–C–C–N with tert-alkyl or cyclic N) is 1. The molecule has 1 saturated heterocycles. The highest BCUT2D eigenvalue weighted by Gasteiger charge is 2.48. The van der Waals surface area contributed by atoms with E-state index in [0.29, 0.717) is 17.9 Å². The van der Waals surface area contributed by atoms with Gasteiger partial charge in [0.05, 0.1) is 19.2 Å². The molecule has 0 radical (unpaired) electrons. The van der Waals surface area contributed by atoms with E-state index in [4.69, 9.17) is 9.47 Å². The molecule has 3 aromatic rings. The third-order valence-corrected chi connectivity index (χ3v) is 6.42. The number of hydrogen-bond donors (Lipinski definition) is 2. The molecule has 0 saturated carbocycles. The lowest BCUT2D eigenvalue weighted by Crippen LogP contribution is -2.63. The zero-order valence-corrected chi connectivity index (χ0v) is 16.7. The molecular weight excluding hydrogens is 398 g/mol. The number of hydrogen-bond acceptors (Lipinski definition) is 5. The second-order valence-electron chi connectivity index (χ2n) is 8.08. The summed E-state index contributed by atoms with van der Waals surface area (Å²) in [6.07, 6.45) is 0.437. The van der Waals surface area contributed by atoms with Crippen molar-refractivity contribution in [2.75, 3.05) is 26.5 Å². The van der Waals surface area contributed by atoms with Crippen molar-refractivity contribution >= 4 is 22.7 Å². The van der Waals surface area contributed by atoms with E-state index in [2.05, 4.69) is 4.98 Å². The molecule has 31 heavy (non-hydrogen) atoms. The van der Waals surface area contributed by atoms with Gasteiger partial charge in [-0.05, 0) is 29.3 Å². The summed E-state index contributed by atoms with van der Waals surface area (Å²) < 4.78 is 11.0. The van der Waals surface area contributed by atoms with Crippen molar-refractivity contribution in [3.8, 4) is 11.5 Å². The predicted octanol–water partition coefficient (Wildman–Crippen LogP) is 1.57. The van der Waals surface area contributed by atoms with Gasteiger partial charge in [-0.15, -0.1) is 0 Å². The Hall–Kier alpha value is -3.52. The molecular formula is C23H21N3O5. The molecule has 6 rings (SSSR count). The number of nitrogens with one attached hydrogen (secondary N) is 1. The van der Waals surface area contributed by atoms with Gasteiger partial charge in [0, 0.05) is 29.6 Å². The maximum atomic E-state index is 13.3. The Balaban J connectivity index is 1.54. The molecule has 3 aliphatic heterocycles. The monoisotopic (exact) mass is 419 g/mol. The van der Waals surface area contributed by atoms with E-state index in [1.54, 1.807) is 4.90 Å². The Morgan fingerprint density at radius 2 is 1.94 bits per heavy atom. The molecule has 1 aromatic heterocycles. The van der Waals surface area contributed by atoms with E-state index >= 15 is 0 Å². The number of aromatic nitrogens is 1. The maximum absolute atomic E-state index is 13.3. The van der Waals surface area contributed by atoms with Gasteiger partial charge in [0.25, 0.3) is 0 Å². The van der Waals surface area contributed by atoms with E-state index < -0.39 is 12.1 Å². The van der Waals surface area contributed by atoms with Gasteiger partial charge >= 0.3 is 0 Å². The number of H-pyrrole nitrogens is 1. The highest BCUT2D eigenvalue weighted by molar-refractivity contribution is 5.97. The predicted molar refractivity (Wildman–Crippen MR) is 111 cm³/mol. The first-order valence-corrected chi connectivity index (χ1v) is 10.4. The van der Waals surface area contributed by atoms with Gasteiger partial charge in [-0.2, -0.15) is 0 Å². The van der Waals surface area contributed by atoms with Crippen molar-refractivity contribution in [2.24, 2.45) is 0 Å². The minimum atomic E-state index is -0.616. The van der Waals surface area contributed by atoms with Crippen LogP contribution in [0.4, 0.5) is 0 Å². The molecule has 2 amide bonds. The van der Waals surface area contributed by atoms with Crippen LogP contribution in [0.15, 0.2) is 42.5 Å². The van der Waals surface area contributed by atoms with Crippen molar-refractivity contribution < 1.29 is 24.2 Å². The third kappa shape index (κ3) is 2.64. The fraction of sp³-hybridized carbons (Fsp3) is 0.304. The number of aliphatic hydroxyl groups is 1. The first-order chi connectivity index (χ1) is 15.2. The molecule has 0 bridgehead atoms. The van der Waals surface area contributed by atoms with Gasteiger partial charge in [0.1, 0.15) is 6.04 Å². The first-order valence-electron chi connectivity index (χ1n) is 10.4. The third-order valence-electron chi connectivity index (χ3n) is 6.42. The molecule has 2 N–H and O–H groups in total. The van der Waals surface area contributed by atoms with Crippen molar-refractivity contribution in [3.05, 3.63) is 59.3 Å². The molecule has 0 aliphatic carbocycles. The van der Waals surface area contributed by atoms with Gasteiger partial charge in [-0.3, -0.25) is 9.59 Å². The topological polar surface area (TPSA) is 95.1 Å². The molecule has 1 fully saturated rings. The summed E-state index contributed by atoms with van der Waals surface area (Å²) in [5.41, 5.74) is 3.81. The van der Waals surface area contributed by atoms with Gasteiger partial charge in [-0.1, -0.05) is 24.3 Å². The largest absolute Gasteiger partial charge is 0.454 e. The van der Waals surface area contributed by atoms with Crippen molar-refractivity contribution in [2.45, 2.75) is 18.5 Å². The van der Waals surface area contributed by atoms with Gasteiger partial charge < -0.3 is 29.4 Å². The Kier molecular flexibility index (Phi) is 3.97. The number of para-hydroxylation sites is 1. The maximum Gasteiger partial charge on any atom is 0.246 e. The number of benzene rings is 2. The van der Waals surface area contributed by atoms with Crippen LogP contribution in [0.25, 0.3) is 10.9 Å². The van der Waals surface area contributed by atoms with Crippen LogP contribution >= 0.6 is 0 Å². The number of carbonyl (C=O) groups excluding carboxylic acids is 2. The average molecular weight is 419 g/mol. The molecule has 158 valence electrons. The van der Waals surface area contributed by atoms with Crippen LogP contribution in [0.1, 0.15) is 22.9 Å². The molecule has 0 spiro atoms. The standard InChI is InChI=1S/C23H21N3O5/c27-8-7-25-11-20(28)26-17(23(25)29)10-15-14-3-1-2-4-16(14)24-21(15)22(26)13-5-6-18-19(9-13)31-12-30-18/h1-6,9,17,22,24,27H,7-8,10-12H2/t17-,22+/m1/s1. The smallest absolute Gasteiger partial charge is 0.246 e. The highest BCUT2D eigenvalue weighted by Crippen LogP contribution is 2.44. The molecule has 3 aliphatic rings. The second-order valence-corrected chi connectivity index (χ2v) is 8.08. The molecule has 0 unspecified atom stereocenters. The quantitative estimate of drug-likeness (QED) is 0.672. The molecule has 2 atom stereocenters. The van der Waals surface area contributed by atoms with Crippen LogP contribution in [0.5, 0.6) is 11.5 Å². The molecule has 2 aromatic carbocycles. The lowest BCUT2D eigenvalue weighted by atomic mass is 9.86. The fourth-order valence-corrected chi connectivity index (χ4v) is 5.06. The van der Waals surface area contributed by atoms with Crippen molar-refractivity contribution in [1.29, 1.82) is 0 Å². The number of nitrogens with zero attached hydrogens (tertiary/aromatic N) is 2. The van der Waals surface area contributed by atoms with E-state index in [1.165, 1.54) is 4.90 Å². The normalized spacial score (nSPS) is 22.1. The number of amides is 2. The summed E-state index contributed by atoms with van der Waals surface area (Å²) in [6, 6.07) is 12.6. The Morgan fingerprint density at radius 3 is 2.81 bits per heavy atom. The van der Waals surface area contributed by atoms with Gasteiger partial charge in [0.2, 0.25) is 18.6 Å². The lowest BCUT2D eigenvalue weighted by Gasteiger charge is -2.47. The van der Waals surface area contributed by atoms with E-state index in [1.807, 2.05) is 42.5 Å². The van der Waals surface area contributed by atoms with E-state index in [-0.39, 0.29) is 38.3 Å². The molecule has 8 nitrogen and oxygen atoms in total. The van der Waals surface area contributed by atoms with Crippen LogP contribution in [0.3, 0.4) is 0 Å². The number of fused-ring (bicyclic) bond motifs is 5. The Morgan fingerprint density at radius 1 is 1.10 bits per heavy atom. The van der Waals surface area contributed by atoms with Crippen LogP contribution in [0, 0.1) is 0 Å². The number of aliphatic hydroxyl groups excluding tert-OH is 1. The highest BCUT2D eigenvalue weighted by atomic mass is 16.7. The van der Waals surface area contributed by atoms with Gasteiger partial charge in [-0.25, -0.2) is 0 Å². The number of carbonyl (C=O) groups is 2. The minimum Gasteiger partial charge on any atom is -0.454 e. The molecule has 8 heteroatoms. The Bertz CT molecular complexity index is 1220. The number of ether oxygens (including phenoxy) is 2. The number of piperazine rings is 1. The summed E-state index contributed by atoms with van der Waals surface area (Å²) in [5, 5.41) is 10.4. The summed E-state index contributed by atoms with van der Waals surface area (Å²) in [5.74, 6) is 1.04. The SMILES string of the molecule is O=C1[C@H]2Cc3c([nH]c4ccccc34)[C@H](c3ccc4c(c3)OCO4)N2C(=O)CN1CCO. The second kappa shape index (κ2) is 6.75. The van der Waals surface area contributed by atoms with Crippen LogP contribution in [-0.2, 0) is 16.0 Å². The van der Waals surface area contributed by atoms with Crippen LogP contribution < -0.4 is 9.47 Å². The van der Waals surface area contributed by atoms with Crippen LogP contribution in [-0.4, -0.2) is 64.2 Å². The summed E-state index contributed by atoms with van der Waals surface area (Å²) in [6.45, 7) is 0.119. The summed E-state index contributed by atoms with van der Waals surface area (Å²) >= 11 is 0. The van der Waals surface area contributed by atoms with E-state index in [0.717, 1.165) is 27.7 Å². The van der Waals surface area contributed by atoms with E-state index in [9.17, 15) is 14.7 Å². The molecule has 4 heterocycles. The first kappa shape index (κ1) is 18.3. The number of rotatable bonds is 3. The fourth-order valence-electron chi connectivity index (χ4n) is 5.06.